The fourth-order valence-electron chi connectivity index (χ4n) is 3.25. The number of aliphatic imine (C=N–C) groups is 1. The zero-order valence-electron chi connectivity index (χ0n) is 15.8. The van der Waals surface area contributed by atoms with Gasteiger partial charge in [-0.25, -0.2) is 0 Å². The fraction of sp³-hybridized carbons (Fsp3) is 0.261. The van der Waals surface area contributed by atoms with Gasteiger partial charge in [0.2, 0.25) is 0 Å². The number of carboxylic acids is 1. The molecular weight excluding hydrogens is 352 g/mol. The number of hydrogen-bond acceptors (Lipinski definition) is 3. The minimum absolute atomic E-state index is 0.228. The van der Waals surface area contributed by atoms with Crippen LogP contribution in [0, 0.1) is 5.92 Å². The van der Waals surface area contributed by atoms with E-state index in [0.717, 1.165) is 16.7 Å². The molecule has 2 aromatic carbocycles. The summed E-state index contributed by atoms with van der Waals surface area (Å²) in [5.41, 5.74) is 3.78. The van der Waals surface area contributed by atoms with Crippen molar-refractivity contribution in [3.63, 3.8) is 0 Å². The SMILES string of the molecule is C[C@H](C[C@@H](Cc1ccc(-c2ccccc2)cc1)NC(=O)C1=NC=CC1)C(=O)O. The van der Waals surface area contributed by atoms with Crippen LogP contribution < -0.4 is 5.32 Å². The zero-order valence-corrected chi connectivity index (χ0v) is 15.8. The molecular formula is C23H24N2O3. The Morgan fingerprint density at radius 3 is 2.36 bits per heavy atom. The topological polar surface area (TPSA) is 78.8 Å². The van der Waals surface area contributed by atoms with Crippen molar-refractivity contribution in [2.45, 2.75) is 32.2 Å². The lowest BCUT2D eigenvalue weighted by atomic mass is 9.94. The molecule has 0 saturated heterocycles. The summed E-state index contributed by atoms with van der Waals surface area (Å²) in [7, 11) is 0. The molecule has 1 aliphatic heterocycles. The first-order valence-corrected chi connectivity index (χ1v) is 9.42. The molecule has 0 unspecified atom stereocenters. The van der Waals surface area contributed by atoms with Gasteiger partial charge in [-0.1, -0.05) is 67.6 Å². The van der Waals surface area contributed by atoms with Gasteiger partial charge >= 0.3 is 5.97 Å². The van der Waals surface area contributed by atoms with E-state index >= 15 is 0 Å². The second kappa shape index (κ2) is 9.13. The predicted octanol–water partition coefficient (Wildman–Crippen LogP) is 3.85. The Morgan fingerprint density at radius 2 is 1.75 bits per heavy atom. The maximum Gasteiger partial charge on any atom is 0.306 e. The van der Waals surface area contributed by atoms with E-state index in [2.05, 4.69) is 34.6 Å². The molecule has 0 saturated carbocycles. The van der Waals surface area contributed by atoms with Gasteiger partial charge in [0.1, 0.15) is 5.71 Å². The Kier molecular flexibility index (Phi) is 6.37. The normalized spacial score (nSPS) is 15.0. The van der Waals surface area contributed by atoms with Crippen LogP contribution in [0.4, 0.5) is 0 Å². The number of benzene rings is 2. The Hall–Kier alpha value is -3.21. The zero-order chi connectivity index (χ0) is 19.9. The van der Waals surface area contributed by atoms with Crippen LogP contribution in [0.25, 0.3) is 11.1 Å². The second-order valence-electron chi connectivity index (χ2n) is 7.08. The summed E-state index contributed by atoms with van der Waals surface area (Å²) in [6, 6.07) is 18.0. The largest absolute Gasteiger partial charge is 0.481 e. The Morgan fingerprint density at radius 1 is 1.07 bits per heavy atom. The van der Waals surface area contributed by atoms with Gasteiger partial charge in [-0.3, -0.25) is 14.6 Å². The molecule has 1 aliphatic rings. The highest BCUT2D eigenvalue weighted by atomic mass is 16.4. The predicted molar refractivity (Wildman–Crippen MR) is 110 cm³/mol. The number of amides is 1. The van der Waals surface area contributed by atoms with Crippen molar-refractivity contribution in [3.05, 3.63) is 72.4 Å². The molecule has 2 atom stereocenters. The third kappa shape index (κ3) is 5.16. The van der Waals surface area contributed by atoms with Gasteiger partial charge in [-0.2, -0.15) is 0 Å². The smallest absolute Gasteiger partial charge is 0.306 e. The number of nitrogens with one attached hydrogen (secondary N) is 1. The van der Waals surface area contributed by atoms with E-state index in [9.17, 15) is 14.7 Å². The summed E-state index contributed by atoms with van der Waals surface area (Å²) in [4.78, 5) is 27.8. The molecule has 1 heterocycles. The van der Waals surface area contributed by atoms with Crippen molar-refractivity contribution in [3.8, 4) is 11.1 Å². The fourth-order valence-corrected chi connectivity index (χ4v) is 3.25. The average molecular weight is 376 g/mol. The Labute approximate surface area is 164 Å². The van der Waals surface area contributed by atoms with Gasteiger partial charge in [-0.05, 0) is 29.5 Å². The van der Waals surface area contributed by atoms with Crippen LogP contribution in [0.2, 0.25) is 0 Å². The average Bonchev–Trinajstić information content (AvgIpc) is 3.24. The number of nitrogens with zero attached hydrogens (tertiary/aromatic N) is 1. The monoisotopic (exact) mass is 376 g/mol. The van der Waals surface area contributed by atoms with Crippen LogP contribution >= 0.6 is 0 Å². The van der Waals surface area contributed by atoms with E-state index in [4.69, 9.17) is 0 Å². The first-order chi connectivity index (χ1) is 13.5. The van der Waals surface area contributed by atoms with Crippen LogP contribution in [-0.2, 0) is 16.0 Å². The summed E-state index contributed by atoms with van der Waals surface area (Å²) >= 11 is 0. The third-order valence-electron chi connectivity index (χ3n) is 4.85. The summed E-state index contributed by atoms with van der Waals surface area (Å²) in [6.45, 7) is 1.66. The lowest BCUT2D eigenvalue weighted by molar-refractivity contribution is -0.141. The van der Waals surface area contributed by atoms with Gasteiger partial charge in [0.15, 0.2) is 0 Å². The van der Waals surface area contributed by atoms with Crippen molar-refractivity contribution in [2.75, 3.05) is 0 Å². The molecule has 0 fully saturated rings. The molecule has 28 heavy (non-hydrogen) atoms. The summed E-state index contributed by atoms with van der Waals surface area (Å²) in [6.07, 6.45) is 4.89. The van der Waals surface area contributed by atoms with Gasteiger partial charge in [0, 0.05) is 18.7 Å². The molecule has 144 valence electrons. The maximum absolute atomic E-state index is 12.4. The highest BCUT2D eigenvalue weighted by Crippen LogP contribution is 2.20. The molecule has 0 bridgehead atoms. The number of carboxylic acid groups (broad SMARTS) is 1. The molecule has 3 rings (SSSR count). The van der Waals surface area contributed by atoms with E-state index < -0.39 is 11.9 Å². The standard InChI is InChI=1S/C23H24N2O3/c1-16(23(27)28)14-20(25-22(26)21-8-5-13-24-21)15-17-9-11-19(12-10-17)18-6-3-2-4-7-18/h2-7,9-13,16,20H,8,14-15H2,1H3,(H,25,26)(H,27,28)/t16-,20+/m1/s1. The molecule has 2 N–H and O–H groups in total. The lowest BCUT2D eigenvalue weighted by Crippen LogP contribution is -2.41. The molecule has 0 spiro atoms. The first kappa shape index (κ1) is 19.5. The summed E-state index contributed by atoms with van der Waals surface area (Å²) < 4.78 is 0. The quantitative estimate of drug-likeness (QED) is 0.734. The van der Waals surface area contributed by atoms with Crippen molar-refractivity contribution < 1.29 is 14.7 Å². The number of carbonyl (C=O) groups is 2. The highest BCUT2D eigenvalue weighted by Gasteiger charge is 2.22. The van der Waals surface area contributed by atoms with E-state index in [-0.39, 0.29) is 11.9 Å². The molecule has 5 heteroatoms. The van der Waals surface area contributed by atoms with E-state index in [1.54, 1.807) is 13.1 Å². The van der Waals surface area contributed by atoms with Gasteiger partial charge in [0.25, 0.3) is 5.91 Å². The van der Waals surface area contributed by atoms with Crippen LogP contribution in [0.5, 0.6) is 0 Å². The summed E-state index contributed by atoms with van der Waals surface area (Å²) in [5.74, 6) is -1.63. The number of allylic oxidation sites excluding steroid dienone is 1. The molecule has 0 aliphatic carbocycles. The Bertz CT molecular complexity index is 886. The van der Waals surface area contributed by atoms with Gasteiger partial charge in [0.05, 0.1) is 5.92 Å². The molecule has 5 nitrogen and oxygen atoms in total. The molecule has 0 aromatic heterocycles. The number of aliphatic carboxylic acids is 1. The molecule has 2 aromatic rings. The molecule has 0 radical (unpaired) electrons. The minimum atomic E-state index is -0.862. The van der Waals surface area contributed by atoms with E-state index in [1.165, 1.54) is 0 Å². The second-order valence-corrected chi connectivity index (χ2v) is 7.08. The number of rotatable bonds is 8. The van der Waals surface area contributed by atoms with Gasteiger partial charge < -0.3 is 10.4 Å². The van der Waals surface area contributed by atoms with E-state index in [1.807, 2.05) is 36.4 Å². The van der Waals surface area contributed by atoms with Crippen molar-refractivity contribution in [1.29, 1.82) is 0 Å². The summed E-state index contributed by atoms with van der Waals surface area (Å²) in [5, 5.41) is 12.2. The van der Waals surface area contributed by atoms with Crippen LogP contribution in [0.3, 0.4) is 0 Å². The Balaban J connectivity index is 1.70. The highest BCUT2D eigenvalue weighted by molar-refractivity contribution is 6.39. The minimum Gasteiger partial charge on any atom is -0.481 e. The molecule has 1 amide bonds. The van der Waals surface area contributed by atoms with Crippen molar-refractivity contribution in [2.24, 2.45) is 10.9 Å². The van der Waals surface area contributed by atoms with Crippen molar-refractivity contribution in [1.82, 2.24) is 5.32 Å². The third-order valence-corrected chi connectivity index (χ3v) is 4.85. The lowest BCUT2D eigenvalue weighted by Gasteiger charge is -2.21. The van der Waals surface area contributed by atoms with Crippen LogP contribution in [0.1, 0.15) is 25.3 Å². The van der Waals surface area contributed by atoms with Crippen molar-refractivity contribution >= 4 is 17.6 Å². The maximum atomic E-state index is 12.4. The first-order valence-electron chi connectivity index (χ1n) is 9.42. The number of hydrogen-bond donors (Lipinski definition) is 2. The number of carbonyl (C=O) groups excluding carboxylic acids is 1. The van der Waals surface area contributed by atoms with Crippen LogP contribution in [0.15, 0.2) is 71.9 Å². The van der Waals surface area contributed by atoms with E-state index in [0.29, 0.717) is 25.0 Å². The van der Waals surface area contributed by atoms with Crippen LogP contribution in [-0.4, -0.2) is 28.7 Å². The van der Waals surface area contributed by atoms with Gasteiger partial charge in [-0.15, -0.1) is 0 Å².